The predicted molar refractivity (Wildman–Crippen MR) is 64.7 cm³/mol. The maximum atomic E-state index is 9.27. The van der Waals surface area contributed by atoms with Crippen molar-refractivity contribution in [1.29, 1.82) is 0 Å². The van der Waals surface area contributed by atoms with Crippen LogP contribution in [0.4, 0.5) is 0 Å². The number of rotatable bonds is 3. The number of hydrogen-bond donors (Lipinski definition) is 1. The van der Waals surface area contributed by atoms with E-state index in [9.17, 15) is 5.11 Å². The van der Waals surface area contributed by atoms with Gasteiger partial charge in [0.25, 0.3) is 0 Å². The van der Waals surface area contributed by atoms with Gasteiger partial charge in [-0.1, -0.05) is 23.7 Å². The minimum atomic E-state index is -0.0893. The Balaban J connectivity index is 2.14. The Hall–Kier alpha value is -1.39. The van der Waals surface area contributed by atoms with E-state index >= 15 is 0 Å². The molecule has 1 aromatic heterocycles. The summed E-state index contributed by atoms with van der Waals surface area (Å²) >= 11 is 6.16. The fourth-order valence-electron chi connectivity index (χ4n) is 1.97. The van der Waals surface area contributed by atoms with Crippen molar-refractivity contribution in [2.75, 3.05) is 0 Å². The second-order valence-electron chi connectivity index (χ2n) is 4.18. The summed E-state index contributed by atoms with van der Waals surface area (Å²) in [6.07, 6.45) is 2.23. The average Bonchev–Trinajstić information content (AvgIpc) is 3.10. The summed E-state index contributed by atoms with van der Waals surface area (Å²) in [7, 11) is 0. The lowest BCUT2D eigenvalue weighted by Gasteiger charge is -2.08. The third-order valence-corrected chi connectivity index (χ3v) is 3.26. The molecule has 0 amide bonds. The molecular weight excluding hydrogens is 238 g/mol. The van der Waals surface area contributed by atoms with E-state index in [1.807, 2.05) is 28.8 Å². The summed E-state index contributed by atoms with van der Waals surface area (Å²) < 4.78 is 2.00. The molecule has 1 aromatic carbocycles. The molecule has 88 valence electrons. The Labute approximate surface area is 104 Å². The van der Waals surface area contributed by atoms with E-state index in [-0.39, 0.29) is 6.61 Å². The zero-order chi connectivity index (χ0) is 11.8. The lowest BCUT2D eigenvalue weighted by Crippen LogP contribution is -2.03. The van der Waals surface area contributed by atoms with Crippen molar-refractivity contribution in [1.82, 2.24) is 14.8 Å². The molecule has 1 aliphatic rings. The molecule has 4 nitrogen and oxygen atoms in total. The van der Waals surface area contributed by atoms with Crippen LogP contribution in [0.3, 0.4) is 0 Å². The molecule has 0 bridgehead atoms. The Bertz CT molecular complexity index is 548. The minimum Gasteiger partial charge on any atom is -0.388 e. The van der Waals surface area contributed by atoms with Crippen LogP contribution >= 0.6 is 11.6 Å². The van der Waals surface area contributed by atoms with Crippen LogP contribution in [0.1, 0.15) is 24.7 Å². The Morgan fingerprint density at radius 2 is 2.06 bits per heavy atom. The first-order valence-electron chi connectivity index (χ1n) is 5.61. The highest BCUT2D eigenvalue weighted by atomic mass is 35.5. The quantitative estimate of drug-likeness (QED) is 0.909. The van der Waals surface area contributed by atoms with Crippen molar-refractivity contribution in [3.05, 3.63) is 35.1 Å². The van der Waals surface area contributed by atoms with Crippen LogP contribution in [0.25, 0.3) is 11.4 Å². The SMILES string of the molecule is OCc1nnc(-c2ccccc2Cl)n1C1CC1. The predicted octanol–water partition coefficient (Wildman–Crippen LogP) is 2.43. The number of hydrogen-bond acceptors (Lipinski definition) is 3. The van der Waals surface area contributed by atoms with Gasteiger partial charge in [0.15, 0.2) is 11.6 Å². The van der Waals surface area contributed by atoms with Gasteiger partial charge in [-0.05, 0) is 25.0 Å². The van der Waals surface area contributed by atoms with Crippen LogP contribution in [0, 0.1) is 0 Å². The van der Waals surface area contributed by atoms with Gasteiger partial charge in [-0.3, -0.25) is 0 Å². The smallest absolute Gasteiger partial charge is 0.165 e. The molecule has 0 aliphatic heterocycles. The van der Waals surface area contributed by atoms with Crippen molar-refractivity contribution in [2.45, 2.75) is 25.5 Å². The van der Waals surface area contributed by atoms with Crippen molar-refractivity contribution in [3.63, 3.8) is 0 Å². The first-order chi connectivity index (χ1) is 8.31. The molecule has 3 rings (SSSR count). The Morgan fingerprint density at radius 1 is 1.29 bits per heavy atom. The molecule has 1 saturated carbocycles. The van der Waals surface area contributed by atoms with Crippen LogP contribution in [-0.4, -0.2) is 19.9 Å². The lowest BCUT2D eigenvalue weighted by atomic mass is 10.2. The van der Waals surface area contributed by atoms with Gasteiger partial charge in [-0.2, -0.15) is 0 Å². The molecule has 0 unspecified atom stereocenters. The topological polar surface area (TPSA) is 50.9 Å². The second kappa shape index (κ2) is 4.13. The van der Waals surface area contributed by atoms with E-state index in [1.165, 1.54) is 0 Å². The highest BCUT2D eigenvalue weighted by molar-refractivity contribution is 6.33. The van der Waals surface area contributed by atoms with Gasteiger partial charge in [-0.15, -0.1) is 10.2 Å². The second-order valence-corrected chi connectivity index (χ2v) is 4.59. The normalized spacial score (nSPS) is 15.2. The molecular formula is C12H12ClN3O. The average molecular weight is 250 g/mol. The van der Waals surface area contributed by atoms with E-state index in [0.717, 1.165) is 24.2 Å². The summed E-state index contributed by atoms with van der Waals surface area (Å²) in [4.78, 5) is 0. The van der Waals surface area contributed by atoms with Crippen LogP contribution in [0.15, 0.2) is 24.3 Å². The monoisotopic (exact) mass is 249 g/mol. The number of halogens is 1. The zero-order valence-electron chi connectivity index (χ0n) is 9.17. The van der Waals surface area contributed by atoms with Gasteiger partial charge < -0.3 is 9.67 Å². The first-order valence-corrected chi connectivity index (χ1v) is 5.98. The van der Waals surface area contributed by atoms with Crippen molar-refractivity contribution in [2.24, 2.45) is 0 Å². The minimum absolute atomic E-state index is 0.0893. The Kier molecular flexibility index (Phi) is 2.61. The van der Waals surface area contributed by atoms with E-state index in [1.54, 1.807) is 0 Å². The van der Waals surface area contributed by atoms with E-state index in [0.29, 0.717) is 16.9 Å². The molecule has 1 fully saturated rings. The van der Waals surface area contributed by atoms with E-state index < -0.39 is 0 Å². The molecule has 5 heteroatoms. The number of aliphatic hydroxyl groups is 1. The molecule has 1 N–H and O–H groups in total. The molecule has 0 spiro atoms. The van der Waals surface area contributed by atoms with Gasteiger partial charge in [0.1, 0.15) is 6.61 Å². The highest BCUT2D eigenvalue weighted by Gasteiger charge is 2.30. The first kappa shape index (κ1) is 10.7. The van der Waals surface area contributed by atoms with Gasteiger partial charge in [-0.25, -0.2) is 0 Å². The summed E-state index contributed by atoms with van der Waals surface area (Å²) in [6.45, 7) is -0.0893. The fraction of sp³-hybridized carbons (Fsp3) is 0.333. The molecule has 0 atom stereocenters. The lowest BCUT2D eigenvalue weighted by molar-refractivity contribution is 0.265. The number of benzene rings is 1. The number of aromatic nitrogens is 3. The van der Waals surface area contributed by atoms with E-state index in [2.05, 4.69) is 10.2 Å². The summed E-state index contributed by atoms with van der Waals surface area (Å²) in [5.74, 6) is 1.37. The third kappa shape index (κ3) is 1.83. The fourth-order valence-corrected chi connectivity index (χ4v) is 2.19. The highest BCUT2D eigenvalue weighted by Crippen LogP contribution is 2.40. The van der Waals surface area contributed by atoms with Crippen LogP contribution in [0.5, 0.6) is 0 Å². The van der Waals surface area contributed by atoms with Gasteiger partial charge in [0.05, 0.1) is 5.02 Å². The van der Waals surface area contributed by atoms with Crippen LogP contribution < -0.4 is 0 Å². The van der Waals surface area contributed by atoms with Crippen molar-refractivity contribution >= 4 is 11.6 Å². The maximum Gasteiger partial charge on any atom is 0.165 e. The molecule has 1 aliphatic carbocycles. The molecule has 0 radical (unpaired) electrons. The molecule has 17 heavy (non-hydrogen) atoms. The van der Waals surface area contributed by atoms with Gasteiger partial charge >= 0.3 is 0 Å². The summed E-state index contributed by atoms with van der Waals surface area (Å²) in [5.41, 5.74) is 0.869. The number of nitrogens with zero attached hydrogens (tertiary/aromatic N) is 3. The van der Waals surface area contributed by atoms with Crippen LogP contribution in [-0.2, 0) is 6.61 Å². The molecule has 2 aromatic rings. The summed E-state index contributed by atoms with van der Waals surface area (Å²) in [6, 6.07) is 7.98. The molecule has 1 heterocycles. The zero-order valence-corrected chi connectivity index (χ0v) is 9.93. The number of aliphatic hydroxyl groups excluding tert-OH is 1. The van der Waals surface area contributed by atoms with Crippen molar-refractivity contribution < 1.29 is 5.11 Å². The van der Waals surface area contributed by atoms with Crippen LogP contribution in [0.2, 0.25) is 5.02 Å². The Morgan fingerprint density at radius 3 is 2.71 bits per heavy atom. The van der Waals surface area contributed by atoms with Gasteiger partial charge in [0, 0.05) is 11.6 Å². The van der Waals surface area contributed by atoms with Gasteiger partial charge in [0.2, 0.25) is 0 Å². The molecule has 0 saturated heterocycles. The maximum absolute atomic E-state index is 9.27. The largest absolute Gasteiger partial charge is 0.388 e. The van der Waals surface area contributed by atoms with Crippen molar-refractivity contribution in [3.8, 4) is 11.4 Å². The third-order valence-electron chi connectivity index (χ3n) is 2.93. The van der Waals surface area contributed by atoms with E-state index in [4.69, 9.17) is 11.6 Å². The summed E-state index contributed by atoms with van der Waals surface area (Å²) in [5, 5.41) is 18.1. The standard InChI is InChI=1S/C12H12ClN3O/c13-10-4-2-1-3-9(10)12-15-14-11(7-17)16(12)8-5-6-8/h1-4,8,17H,5-7H2.